The van der Waals surface area contributed by atoms with E-state index >= 15 is 0 Å². The topological polar surface area (TPSA) is 52.9 Å². The summed E-state index contributed by atoms with van der Waals surface area (Å²) in [6, 6.07) is 9.88. The van der Waals surface area contributed by atoms with Gasteiger partial charge in [0.05, 0.1) is 6.07 Å². The SMILES string of the molecule is N#CCCc1ccc(CNC(=O)[S])cc1. The van der Waals surface area contributed by atoms with Crippen LogP contribution in [-0.2, 0) is 13.0 Å². The van der Waals surface area contributed by atoms with Crippen molar-refractivity contribution in [3.8, 4) is 6.07 Å². The van der Waals surface area contributed by atoms with Crippen LogP contribution in [0.5, 0.6) is 0 Å². The monoisotopic (exact) mass is 219 g/mol. The molecule has 0 saturated heterocycles. The number of hydrogen-bond donors (Lipinski definition) is 1. The minimum Gasteiger partial charge on any atom is -0.339 e. The number of nitrogens with one attached hydrogen (secondary N) is 1. The summed E-state index contributed by atoms with van der Waals surface area (Å²) in [7, 11) is 0. The third kappa shape index (κ3) is 4.43. The van der Waals surface area contributed by atoms with Gasteiger partial charge in [-0.1, -0.05) is 24.3 Å². The first-order valence-electron chi connectivity index (χ1n) is 4.62. The predicted molar refractivity (Wildman–Crippen MR) is 60.2 cm³/mol. The van der Waals surface area contributed by atoms with Gasteiger partial charge in [0.1, 0.15) is 0 Å². The zero-order valence-electron chi connectivity index (χ0n) is 8.19. The largest absolute Gasteiger partial charge is 0.339 e. The third-order valence-electron chi connectivity index (χ3n) is 1.99. The molecule has 0 fully saturated rings. The molecule has 0 spiro atoms. The molecule has 1 aromatic carbocycles. The highest BCUT2D eigenvalue weighted by Gasteiger charge is 1.97. The maximum atomic E-state index is 10.5. The Kier molecular flexibility index (Phi) is 4.58. The summed E-state index contributed by atoms with van der Waals surface area (Å²) in [6.07, 6.45) is 1.30. The Balaban J connectivity index is 2.49. The van der Waals surface area contributed by atoms with E-state index in [1.807, 2.05) is 24.3 Å². The first-order valence-corrected chi connectivity index (χ1v) is 5.03. The lowest BCUT2D eigenvalue weighted by atomic mass is 10.1. The summed E-state index contributed by atoms with van der Waals surface area (Å²) in [4.78, 5) is 10.5. The standard InChI is InChI=1S/C11H11N2OS/c12-7-1-2-9-3-5-10(6-4-9)8-13-11(14)15/h3-6H,1-2,8H2,(H,13,14). The van der Waals surface area contributed by atoms with Gasteiger partial charge in [0.25, 0.3) is 0 Å². The van der Waals surface area contributed by atoms with Crippen molar-refractivity contribution in [3.05, 3.63) is 35.4 Å². The van der Waals surface area contributed by atoms with E-state index in [-0.39, 0.29) is 0 Å². The summed E-state index contributed by atoms with van der Waals surface area (Å²) >= 11 is 4.38. The fourth-order valence-electron chi connectivity index (χ4n) is 1.20. The maximum Gasteiger partial charge on any atom is 0.310 e. The average molecular weight is 219 g/mol. The molecule has 0 unspecified atom stereocenters. The van der Waals surface area contributed by atoms with Crippen LogP contribution in [0.1, 0.15) is 17.5 Å². The molecule has 1 amide bonds. The van der Waals surface area contributed by atoms with E-state index < -0.39 is 5.24 Å². The Morgan fingerprint density at radius 3 is 2.47 bits per heavy atom. The zero-order chi connectivity index (χ0) is 11.1. The van der Waals surface area contributed by atoms with Gasteiger partial charge in [-0.2, -0.15) is 5.26 Å². The molecular weight excluding hydrogens is 208 g/mol. The number of nitriles is 1. The number of nitrogens with zero attached hydrogens (tertiary/aromatic N) is 1. The summed E-state index contributed by atoms with van der Waals surface area (Å²) in [6.45, 7) is 0.459. The average Bonchev–Trinajstić information content (AvgIpc) is 2.25. The first kappa shape index (κ1) is 11.5. The quantitative estimate of drug-likeness (QED) is 0.846. The number of rotatable bonds is 4. The fourth-order valence-corrected chi connectivity index (χ4v) is 1.27. The molecule has 0 aliphatic rings. The van der Waals surface area contributed by atoms with Crippen LogP contribution in [0.3, 0.4) is 0 Å². The Morgan fingerprint density at radius 1 is 1.33 bits per heavy atom. The van der Waals surface area contributed by atoms with Crippen molar-refractivity contribution in [2.75, 3.05) is 0 Å². The highest BCUT2D eigenvalue weighted by atomic mass is 32.1. The maximum absolute atomic E-state index is 10.5. The molecule has 1 N–H and O–H groups in total. The van der Waals surface area contributed by atoms with Gasteiger partial charge >= 0.3 is 5.24 Å². The van der Waals surface area contributed by atoms with Crippen molar-refractivity contribution in [1.82, 2.24) is 5.32 Å². The number of amides is 1. The molecule has 1 aromatic rings. The molecule has 0 saturated carbocycles. The van der Waals surface area contributed by atoms with Gasteiger partial charge < -0.3 is 5.32 Å². The van der Waals surface area contributed by atoms with Crippen molar-refractivity contribution in [2.45, 2.75) is 19.4 Å². The molecule has 0 aliphatic heterocycles. The molecule has 3 nitrogen and oxygen atoms in total. The molecule has 0 aromatic heterocycles. The first-order chi connectivity index (χ1) is 7.22. The molecule has 0 atom stereocenters. The molecule has 1 radical (unpaired) electrons. The number of hydrogen-bond acceptors (Lipinski definition) is 2. The van der Waals surface area contributed by atoms with Crippen LogP contribution in [0.4, 0.5) is 4.79 Å². The van der Waals surface area contributed by atoms with E-state index in [9.17, 15) is 4.79 Å². The summed E-state index contributed by atoms with van der Waals surface area (Å²) in [5, 5.41) is 10.5. The lowest BCUT2D eigenvalue weighted by molar-refractivity contribution is 0.260. The Hall–Kier alpha value is -1.60. The van der Waals surface area contributed by atoms with Crippen LogP contribution in [0.2, 0.25) is 0 Å². The van der Waals surface area contributed by atoms with E-state index in [1.54, 1.807) is 0 Å². The second-order valence-corrected chi connectivity index (χ2v) is 3.49. The molecule has 0 heterocycles. The van der Waals surface area contributed by atoms with Crippen LogP contribution in [0, 0.1) is 11.3 Å². The Morgan fingerprint density at radius 2 is 1.93 bits per heavy atom. The Labute approximate surface area is 94.5 Å². The molecular formula is C11H11N2OS. The van der Waals surface area contributed by atoms with Crippen LogP contribution in [0.15, 0.2) is 24.3 Å². The van der Waals surface area contributed by atoms with Crippen molar-refractivity contribution in [3.63, 3.8) is 0 Å². The van der Waals surface area contributed by atoms with Gasteiger partial charge in [0.15, 0.2) is 0 Å². The number of benzene rings is 1. The minimum atomic E-state index is -0.441. The van der Waals surface area contributed by atoms with Crippen LogP contribution >= 0.6 is 12.6 Å². The van der Waals surface area contributed by atoms with Gasteiger partial charge in [-0.3, -0.25) is 4.79 Å². The zero-order valence-corrected chi connectivity index (χ0v) is 9.01. The molecule has 77 valence electrons. The van der Waals surface area contributed by atoms with Gasteiger partial charge in [0.2, 0.25) is 0 Å². The number of carbonyl (C=O) groups excluding carboxylic acids is 1. The molecule has 0 aliphatic carbocycles. The third-order valence-corrected chi connectivity index (χ3v) is 2.13. The Bertz CT molecular complexity index is 367. The smallest absolute Gasteiger partial charge is 0.310 e. The predicted octanol–water partition coefficient (Wildman–Crippen LogP) is 2.55. The minimum absolute atomic E-state index is 0.441. The summed E-state index contributed by atoms with van der Waals surface area (Å²) < 4.78 is 0. The second kappa shape index (κ2) is 5.99. The van der Waals surface area contributed by atoms with Crippen molar-refractivity contribution < 1.29 is 4.79 Å². The highest BCUT2D eigenvalue weighted by Crippen LogP contribution is 2.06. The van der Waals surface area contributed by atoms with E-state index in [1.165, 1.54) is 0 Å². The van der Waals surface area contributed by atoms with Crippen molar-refractivity contribution in [1.29, 1.82) is 5.26 Å². The lowest BCUT2D eigenvalue weighted by Crippen LogP contribution is -2.15. The number of aryl methyl sites for hydroxylation is 1. The number of carbonyl (C=O) groups is 1. The lowest BCUT2D eigenvalue weighted by Gasteiger charge is -2.02. The molecule has 15 heavy (non-hydrogen) atoms. The summed E-state index contributed by atoms with van der Waals surface area (Å²) in [5.74, 6) is 0. The molecule has 1 rings (SSSR count). The van der Waals surface area contributed by atoms with E-state index in [2.05, 4.69) is 24.0 Å². The summed E-state index contributed by atoms with van der Waals surface area (Å²) in [5.41, 5.74) is 2.14. The van der Waals surface area contributed by atoms with Crippen LogP contribution < -0.4 is 5.32 Å². The van der Waals surface area contributed by atoms with Gasteiger partial charge in [0, 0.05) is 13.0 Å². The highest BCUT2D eigenvalue weighted by molar-refractivity contribution is 7.96. The van der Waals surface area contributed by atoms with Crippen molar-refractivity contribution in [2.24, 2.45) is 0 Å². The van der Waals surface area contributed by atoms with Gasteiger partial charge in [-0.05, 0) is 30.2 Å². The second-order valence-electron chi connectivity index (χ2n) is 3.12. The van der Waals surface area contributed by atoms with E-state index in [0.717, 1.165) is 17.5 Å². The van der Waals surface area contributed by atoms with Gasteiger partial charge in [-0.15, -0.1) is 0 Å². The molecule has 4 heteroatoms. The van der Waals surface area contributed by atoms with E-state index in [4.69, 9.17) is 5.26 Å². The fraction of sp³-hybridized carbons (Fsp3) is 0.273. The van der Waals surface area contributed by atoms with Crippen LogP contribution in [0.25, 0.3) is 0 Å². The van der Waals surface area contributed by atoms with Crippen molar-refractivity contribution >= 4 is 17.9 Å². The van der Waals surface area contributed by atoms with Crippen LogP contribution in [-0.4, -0.2) is 5.24 Å². The normalized spacial score (nSPS) is 9.27. The van der Waals surface area contributed by atoms with Gasteiger partial charge in [-0.25, -0.2) is 0 Å². The van der Waals surface area contributed by atoms with E-state index in [0.29, 0.717) is 13.0 Å². The molecule has 0 bridgehead atoms.